The summed E-state index contributed by atoms with van der Waals surface area (Å²) in [7, 11) is -1.68. The number of likely N-dealkylation sites (tertiary alicyclic amines) is 1. The summed E-state index contributed by atoms with van der Waals surface area (Å²) in [6, 6.07) is 13.2. The van der Waals surface area contributed by atoms with Crippen LogP contribution in [0.5, 0.6) is 17.2 Å². The summed E-state index contributed by atoms with van der Waals surface area (Å²) in [5.41, 5.74) is 0.962. The summed E-state index contributed by atoms with van der Waals surface area (Å²) in [4.78, 5) is 35.5. The largest absolute Gasteiger partial charge is 0.488 e. The van der Waals surface area contributed by atoms with Gasteiger partial charge >= 0.3 is 0 Å². The Hall–Kier alpha value is -3.76. The Morgan fingerprint density at radius 1 is 1.05 bits per heavy atom. The molecule has 2 saturated heterocycles. The van der Waals surface area contributed by atoms with Crippen molar-refractivity contribution in [1.29, 1.82) is 0 Å². The average molecular weight is 547 g/mol. The highest BCUT2D eigenvalue weighted by atomic mass is 28.4. The molecule has 2 fully saturated rings. The lowest BCUT2D eigenvalue weighted by atomic mass is 10.1. The van der Waals surface area contributed by atoms with Gasteiger partial charge in [0.15, 0.2) is 14.1 Å². The third kappa shape index (κ3) is 6.29. The third-order valence-electron chi connectivity index (χ3n) is 7.49. The zero-order valence-corrected chi connectivity index (χ0v) is 23.8. The molecular weight excluding hydrogens is 512 g/mol. The fraction of sp³-hybridized carbons (Fsp3) is 0.379. The number of carbonyl (C=O) groups excluding carboxylic acids is 2. The van der Waals surface area contributed by atoms with Crippen molar-refractivity contribution >= 4 is 25.9 Å². The number of nitrogens with one attached hydrogen (secondary N) is 1. The molecule has 2 aromatic carbocycles. The van der Waals surface area contributed by atoms with E-state index in [1.54, 1.807) is 42.5 Å². The number of aromatic nitrogens is 2. The zero-order valence-electron chi connectivity index (χ0n) is 22.8. The molecule has 0 saturated carbocycles. The maximum atomic E-state index is 13.1. The molecule has 0 aliphatic carbocycles. The number of hydrogen-bond donors (Lipinski definition) is 1. The monoisotopic (exact) mass is 546 g/mol. The Labute approximate surface area is 229 Å². The van der Waals surface area contributed by atoms with E-state index in [2.05, 4.69) is 35.7 Å². The number of ether oxygens (including phenoxy) is 2. The second kappa shape index (κ2) is 10.8. The highest BCUT2D eigenvalue weighted by Gasteiger charge is 2.62. The van der Waals surface area contributed by atoms with Crippen LogP contribution in [0, 0.1) is 0 Å². The van der Waals surface area contributed by atoms with Gasteiger partial charge in [-0.2, -0.15) is 0 Å². The number of benzene rings is 2. The van der Waals surface area contributed by atoms with Gasteiger partial charge in [0.2, 0.25) is 0 Å². The van der Waals surface area contributed by atoms with Crippen LogP contribution in [0.2, 0.25) is 17.6 Å². The van der Waals surface area contributed by atoms with Gasteiger partial charge in [-0.1, -0.05) is 13.8 Å². The molecule has 39 heavy (non-hydrogen) atoms. The first-order valence-corrected chi connectivity index (χ1v) is 15.8. The fourth-order valence-corrected chi connectivity index (χ4v) is 7.94. The molecule has 204 valence electrons. The molecule has 3 heterocycles. The number of amides is 2. The van der Waals surface area contributed by atoms with Gasteiger partial charge in [0.1, 0.15) is 23.4 Å². The lowest BCUT2D eigenvalue weighted by Gasteiger charge is -2.30. The third-order valence-corrected chi connectivity index (χ3v) is 12.5. The number of hydrogen-bond acceptors (Lipinski definition) is 7. The minimum absolute atomic E-state index is 0.0221. The molecule has 2 amide bonds. The van der Waals surface area contributed by atoms with Crippen LogP contribution in [0.3, 0.4) is 0 Å². The van der Waals surface area contributed by atoms with Crippen LogP contribution in [-0.4, -0.2) is 60.8 Å². The summed E-state index contributed by atoms with van der Waals surface area (Å²) >= 11 is 0. The Morgan fingerprint density at radius 2 is 1.77 bits per heavy atom. The summed E-state index contributed by atoms with van der Waals surface area (Å²) in [6.07, 6.45) is 5.34. The fourth-order valence-electron chi connectivity index (χ4n) is 4.50. The lowest BCUT2D eigenvalue weighted by Crippen LogP contribution is -2.41. The molecule has 2 aliphatic heterocycles. The lowest BCUT2D eigenvalue weighted by molar-refractivity contribution is 0.0651. The zero-order chi connectivity index (χ0) is 27.6. The van der Waals surface area contributed by atoms with E-state index in [9.17, 15) is 9.59 Å². The molecule has 3 aromatic rings. The molecule has 0 radical (unpaired) electrons. The number of carbonyl (C=O) groups is 2. The molecule has 0 spiro atoms. The second-order valence-electron chi connectivity index (χ2n) is 11.0. The first-order chi connectivity index (χ1) is 18.6. The van der Waals surface area contributed by atoms with E-state index in [-0.39, 0.29) is 17.9 Å². The van der Waals surface area contributed by atoms with Crippen LogP contribution in [0.1, 0.15) is 47.9 Å². The maximum absolute atomic E-state index is 13.1. The van der Waals surface area contributed by atoms with E-state index >= 15 is 0 Å². The van der Waals surface area contributed by atoms with Crippen molar-refractivity contribution in [3.05, 3.63) is 72.2 Å². The maximum Gasteiger partial charge on any atom is 0.257 e. The average Bonchev–Trinajstić information content (AvgIpc) is 3.39. The molecule has 2 atom stereocenters. The van der Waals surface area contributed by atoms with Crippen LogP contribution >= 0.6 is 0 Å². The Balaban J connectivity index is 1.32. The van der Waals surface area contributed by atoms with Gasteiger partial charge < -0.3 is 24.1 Å². The van der Waals surface area contributed by atoms with Gasteiger partial charge in [-0.3, -0.25) is 14.6 Å². The van der Waals surface area contributed by atoms with Gasteiger partial charge in [0, 0.05) is 42.7 Å². The van der Waals surface area contributed by atoms with Crippen molar-refractivity contribution in [3.8, 4) is 17.2 Å². The van der Waals surface area contributed by atoms with Gasteiger partial charge in [0.05, 0.1) is 12.8 Å². The molecule has 1 N–H and O–H groups in total. The smallest absolute Gasteiger partial charge is 0.257 e. The Bertz CT molecular complexity index is 1350. The van der Waals surface area contributed by atoms with Crippen LogP contribution in [0.4, 0.5) is 5.82 Å². The van der Waals surface area contributed by atoms with Crippen LogP contribution in [0.25, 0.3) is 0 Å². The van der Waals surface area contributed by atoms with Gasteiger partial charge in [0.25, 0.3) is 11.8 Å². The minimum Gasteiger partial charge on any atom is -0.488 e. The number of rotatable bonds is 10. The van der Waals surface area contributed by atoms with E-state index in [1.165, 1.54) is 18.6 Å². The van der Waals surface area contributed by atoms with E-state index in [0.717, 1.165) is 25.6 Å². The summed E-state index contributed by atoms with van der Waals surface area (Å²) in [5, 5.41) is 3.04. The van der Waals surface area contributed by atoms with E-state index in [1.807, 2.05) is 11.8 Å². The highest BCUT2D eigenvalue weighted by Crippen LogP contribution is 2.62. The Morgan fingerprint density at radius 3 is 2.38 bits per heavy atom. The van der Waals surface area contributed by atoms with Crippen LogP contribution in [-0.2, 0) is 4.43 Å². The van der Waals surface area contributed by atoms with Gasteiger partial charge in [-0.25, -0.2) is 4.98 Å². The highest BCUT2D eigenvalue weighted by molar-refractivity contribution is 6.86. The molecule has 9 nitrogen and oxygen atoms in total. The first-order valence-electron chi connectivity index (χ1n) is 13.2. The summed E-state index contributed by atoms with van der Waals surface area (Å²) < 4.78 is 18.6. The predicted octanol–water partition coefficient (Wildman–Crippen LogP) is 5.52. The molecule has 2 aliphatic rings. The van der Waals surface area contributed by atoms with Crippen molar-refractivity contribution in [2.45, 2.75) is 50.9 Å². The Kier molecular flexibility index (Phi) is 7.41. The molecule has 0 bridgehead atoms. The standard InChI is InChI=1S/C29H34N4O5Si/c1-20(18-36-39(4)19-29(39,2)3)37-24-14-22(27(34)32-26-17-30-10-11-31-26)15-25(16-24)38-23-8-6-21(7-9-23)28(35)33-12-5-13-33/h6-11,14-17,20H,5,12-13,18-19H2,1-4H3,(H,31,32,34)/t20-,39?/m0/s1. The van der Waals surface area contributed by atoms with Crippen molar-refractivity contribution < 1.29 is 23.5 Å². The molecule has 1 aromatic heterocycles. The van der Waals surface area contributed by atoms with Crippen molar-refractivity contribution in [1.82, 2.24) is 14.9 Å². The second-order valence-corrected chi connectivity index (χ2v) is 15.5. The van der Waals surface area contributed by atoms with Crippen molar-refractivity contribution in [2.75, 3.05) is 25.0 Å². The SMILES string of the molecule is C[C@@H](CO[Si]1(C)CC1(C)C)Oc1cc(Oc2ccc(C(=O)N3CCC3)cc2)cc(C(=O)Nc2cnccn2)c1. The van der Waals surface area contributed by atoms with Crippen molar-refractivity contribution in [2.24, 2.45) is 0 Å². The van der Waals surface area contributed by atoms with Crippen LogP contribution in [0.15, 0.2) is 61.1 Å². The van der Waals surface area contributed by atoms with Crippen molar-refractivity contribution in [3.63, 3.8) is 0 Å². The topological polar surface area (TPSA) is 103 Å². The predicted molar refractivity (Wildman–Crippen MR) is 150 cm³/mol. The first kappa shape index (κ1) is 26.8. The quantitative estimate of drug-likeness (QED) is 0.334. The molecule has 10 heteroatoms. The minimum atomic E-state index is -1.68. The summed E-state index contributed by atoms with van der Waals surface area (Å²) in [5.74, 6) is 1.44. The molecule has 1 unspecified atom stereocenters. The molecular formula is C29H34N4O5Si. The van der Waals surface area contributed by atoms with Crippen LogP contribution < -0.4 is 14.8 Å². The van der Waals surface area contributed by atoms with E-state index in [0.29, 0.717) is 45.8 Å². The van der Waals surface area contributed by atoms with Gasteiger partial charge in [-0.05, 0) is 67.4 Å². The molecule has 5 rings (SSSR count). The summed E-state index contributed by atoms with van der Waals surface area (Å²) in [6.45, 7) is 10.8. The van der Waals surface area contributed by atoms with E-state index < -0.39 is 8.32 Å². The number of nitrogens with zero attached hydrogens (tertiary/aromatic N) is 3. The normalized spacial score (nSPS) is 19.9. The number of anilines is 1. The van der Waals surface area contributed by atoms with Gasteiger partial charge in [-0.15, -0.1) is 0 Å². The van der Waals surface area contributed by atoms with E-state index in [4.69, 9.17) is 13.9 Å².